The third-order valence-electron chi connectivity index (χ3n) is 3.46. The zero-order valence-corrected chi connectivity index (χ0v) is 12.5. The van der Waals surface area contributed by atoms with E-state index in [2.05, 4.69) is 0 Å². The first-order valence-corrected chi connectivity index (χ1v) is 7.85. The first-order chi connectivity index (χ1) is 10.0. The van der Waals surface area contributed by atoms with Gasteiger partial charge in [0, 0.05) is 23.7 Å². The number of carbonyl (C=O) groups excluding carboxylic acids is 2. The molecule has 1 aliphatic rings. The van der Waals surface area contributed by atoms with Crippen LogP contribution in [0.3, 0.4) is 0 Å². The minimum Gasteiger partial charge on any atom is -0.480 e. The predicted octanol–water partition coefficient (Wildman–Crippen LogP) is 1.88. The highest BCUT2D eigenvalue weighted by Crippen LogP contribution is 2.24. The summed E-state index contributed by atoms with van der Waals surface area (Å²) >= 11 is 1.42. The van der Waals surface area contributed by atoms with Crippen LogP contribution in [0.25, 0.3) is 0 Å². The largest absolute Gasteiger partial charge is 0.480 e. The van der Waals surface area contributed by atoms with E-state index >= 15 is 0 Å². The molecule has 0 saturated carbocycles. The summed E-state index contributed by atoms with van der Waals surface area (Å²) in [5, 5.41) is 9.10. The average Bonchev–Trinajstić information content (AvgIpc) is 2.96. The predicted molar refractivity (Wildman–Crippen MR) is 80.1 cm³/mol. The number of thioether (sulfide) groups is 1. The van der Waals surface area contributed by atoms with Crippen LogP contribution in [0.1, 0.15) is 23.7 Å². The fraction of sp³-hybridized carbons (Fsp3) is 0.400. The Bertz CT molecular complexity index is 546. The molecule has 1 fully saturated rings. The van der Waals surface area contributed by atoms with Gasteiger partial charge in [0.1, 0.15) is 6.04 Å². The van der Waals surface area contributed by atoms with Gasteiger partial charge in [0.25, 0.3) is 0 Å². The summed E-state index contributed by atoms with van der Waals surface area (Å²) in [5.74, 6) is -1.10. The van der Waals surface area contributed by atoms with E-state index in [1.165, 1.54) is 16.7 Å². The van der Waals surface area contributed by atoms with Crippen LogP contribution in [0.2, 0.25) is 0 Å². The van der Waals surface area contributed by atoms with Gasteiger partial charge in [-0.15, -0.1) is 11.8 Å². The van der Waals surface area contributed by atoms with Crippen molar-refractivity contribution in [1.29, 1.82) is 0 Å². The maximum Gasteiger partial charge on any atom is 0.327 e. The molecule has 1 aromatic carbocycles. The Balaban J connectivity index is 2.00. The van der Waals surface area contributed by atoms with Gasteiger partial charge in [0.15, 0.2) is 5.78 Å². The summed E-state index contributed by atoms with van der Waals surface area (Å²) in [6.45, 7) is 1.67. The SMILES string of the molecule is C[C@H](CC(=O)c1ccccc1)C(=O)N1CSC[C@H]1C(=O)O. The van der Waals surface area contributed by atoms with E-state index in [4.69, 9.17) is 5.11 Å². The molecule has 1 N–H and O–H groups in total. The topological polar surface area (TPSA) is 74.7 Å². The van der Waals surface area contributed by atoms with Gasteiger partial charge in [-0.3, -0.25) is 9.59 Å². The minimum atomic E-state index is -0.991. The highest BCUT2D eigenvalue weighted by atomic mass is 32.2. The third kappa shape index (κ3) is 3.64. The molecule has 1 aliphatic heterocycles. The molecule has 0 spiro atoms. The molecule has 2 atom stereocenters. The van der Waals surface area contributed by atoms with Gasteiger partial charge in [-0.1, -0.05) is 37.3 Å². The van der Waals surface area contributed by atoms with Crippen molar-refractivity contribution in [3.8, 4) is 0 Å². The van der Waals surface area contributed by atoms with Crippen molar-refractivity contribution in [2.75, 3.05) is 11.6 Å². The molecular weight excluding hydrogens is 290 g/mol. The number of amides is 1. The summed E-state index contributed by atoms with van der Waals surface area (Å²) in [6, 6.07) is 8.02. The smallest absolute Gasteiger partial charge is 0.327 e. The van der Waals surface area contributed by atoms with Crippen molar-refractivity contribution in [1.82, 2.24) is 4.90 Å². The van der Waals surface area contributed by atoms with Crippen molar-refractivity contribution in [3.63, 3.8) is 0 Å². The van der Waals surface area contributed by atoms with Gasteiger partial charge in [-0.25, -0.2) is 4.79 Å². The second-order valence-corrected chi connectivity index (χ2v) is 6.06. The van der Waals surface area contributed by atoms with E-state index in [1.807, 2.05) is 6.07 Å². The molecule has 0 unspecified atom stereocenters. The number of Topliss-reactive ketones (excluding diaryl/α,β-unsaturated/α-hetero) is 1. The van der Waals surface area contributed by atoms with Crippen LogP contribution in [0.4, 0.5) is 0 Å². The van der Waals surface area contributed by atoms with Gasteiger partial charge in [0.05, 0.1) is 5.88 Å². The second-order valence-electron chi connectivity index (χ2n) is 5.06. The fourth-order valence-corrected chi connectivity index (χ4v) is 3.41. The van der Waals surface area contributed by atoms with Gasteiger partial charge < -0.3 is 10.0 Å². The standard InChI is InChI=1S/C15H17NO4S/c1-10(7-13(17)11-5-3-2-4-6-11)14(18)16-9-21-8-12(16)15(19)20/h2-6,10,12H,7-9H2,1H3,(H,19,20)/t10-,12+/m1/s1. The van der Waals surface area contributed by atoms with Crippen molar-refractivity contribution >= 4 is 29.4 Å². The zero-order chi connectivity index (χ0) is 15.4. The molecule has 2 rings (SSSR count). The Morgan fingerprint density at radius 3 is 2.62 bits per heavy atom. The van der Waals surface area contributed by atoms with Crippen LogP contribution in [-0.2, 0) is 9.59 Å². The fourth-order valence-electron chi connectivity index (χ4n) is 2.25. The summed E-state index contributed by atoms with van der Waals surface area (Å²) in [4.78, 5) is 36.9. The van der Waals surface area contributed by atoms with Gasteiger partial charge >= 0.3 is 5.97 Å². The van der Waals surface area contributed by atoms with Gasteiger partial charge in [-0.05, 0) is 0 Å². The van der Waals surface area contributed by atoms with Crippen LogP contribution in [-0.4, -0.2) is 45.3 Å². The Morgan fingerprint density at radius 2 is 2.00 bits per heavy atom. The number of ketones is 1. The van der Waals surface area contributed by atoms with E-state index in [0.29, 0.717) is 17.2 Å². The molecule has 1 amide bonds. The second kappa shape index (κ2) is 6.76. The van der Waals surface area contributed by atoms with Crippen molar-refractivity contribution < 1.29 is 19.5 Å². The molecule has 21 heavy (non-hydrogen) atoms. The number of hydrogen-bond acceptors (Lipinski definition) is 4. The molecule has 1 heterocycles. The average molecular weight is 307 g/mol. The van der Waals surface area contributed by atoms with Crippen LogP contribution in [0, 0.1) is 5.92 Å². The molecule has 5 nitrogen and oxygen atoms in total. The number of benzene rings is 1. The number of carbonyl (C=O) groups is 3. The molecule has 112 valence electrons. The number of hydrogen-bond donors (Lipinski definition) is 1. The number of aliphatic carboxylic acids is 1. The highest BCUT2D eigenvalue weighted by molar-refractivity contribution is 7.99. The Labute approximate surface area is 127 Å². The third-order valence-corrected chi connectivity index (χ3v) is 4.47. The minimum absolute atomic E-state index is 0.0936. The van der Waals surface area contributed by atoms with Gasteiger partial charge in [-0.2, -0.15) is 0 Å². The lowest BCUT2D eigenvalue weighted by Crippen LogP contribution is -2.44. The molecule has 1 aromatic rings. The normalized spacial score (nSPS) is 19.3. The Kier molecular flexibility index (Phi) is 5.01. The van der Waals surface area contributed by atoms with Crippen molar-refractivity contribution in [3.05, 3.63) is 35.9 Å². The van der Waals surface area contributed by atoms with Gasteiger partial charge in [0.2, 0.25) is 5.91 Å². The molecule has 1 saturated heterocycles. The van der Waals surface area contributed by atoms with Crippen LogP contribution >= 0.6 is 11.8 Å². The molecular formula is C15H17NO4S. The first-order valence-electron chi connectivity index (χ1n) is 6.70. The summed E-state index contributed by atoms with van der Waals surface area (Å²) in [5.41, 5.74) is 0.572. The van der Waals surface area contributed by atoms with Crippen molar-refractivity contribution in [2.45, 2.75) is 19.4 Å². The summed E-state index contributed by atoms with van der Waals surface area (Å²) in [7, 11) is 0. The molecule has 0 aliphatic carbocycles. The van der Waals surface area contributed by atoms with Crippen LogP contribution in [0.5, 0.6) is 0 Å². The summed E-state index contributed by atoms with van der Waals surface area (Å²) in [6.07, 6.45) is 0.0936. The quantitative estimate of drug-likeness (QED) is 0.841. The highest BCUT2D eigenvalue weighted by Gasteiger charge is 2.36. The van der Waals surface area contributed by atoms with Crippen LogP contribution < -0.4 is 0 Å². The maximum atomic E-state index is 12.3. The Morgan fingerprint density at radius 1 is 1.33 bits per heavy atom. The number of rotatable bonds is 5. The van der Waals surface area contributed by atoms with E-state index in [1.54, 1.807) is 31.2 Å². The van der Waals surface area contributed by atoms with Crippen molar-refractivity contribution in [2.24, 2.45) is 5.92 Å². The molecule has 0 radical (unpaired) electrons. The number of carboxylic acid groups (broad SMARTS) is 1. The zero-order valence-electron chi connectivity index (χ0n) is 11.7. The summed E-state index contributed by atoms with van der Waals surface area (Å²) < 4.78 is 0. The molecule has 0 aromatic heterocycles. The first kappa shape index (κ1) is 15.6. The van der Waals surface area contributed by atoms with E-state index in [0.717, 1.165) is 0 Å². The van der Waals surface area contributed by atoms with Crippen LogP contribution in [0.15, 0.2) is 30.3 Å². The van der Waals surface area contributed by atoms with E-state index in [9.17, 15) is 14.4 Å². The Hall–Kier alpha value is -1.82. The maximum absolute atomic E-state index is 12.3. The number of carboxylic acids is 1. The lowest BCUT2D eigenvalue weighted by Gasteiger charge is -2.23. The number of nitrogens with zero attached hydrogens (tertiary/aromatic N) is 1. The molecule has 0 bridgehead atoms. The monoisotopic (exact) mass is 307 g/mol. The lowest BCUT2D eigenvalue weighted by molar-refractivity contribution is -0.149. The molecule has 6 heteroatoms. The lowest BCUT2D eigenvalue weighted by atomic mass is 9.98. The van der Waals surface area contributed by atoms with E-state index < -0.39 is 17.9 Å². The van der Waals surface area contributed by atoms with E-state index in [-0.39, 0.29) is 18.1 Å².